The molecular formula is C12H16N2O2S. The van der Waals surface area contributed by atoms with Crippen molar-refractivity contribution in [1.82, 2.24) is 5.32 Å². The van der Waals surface area contributed by atoms with Crippen molar-refractivity contribution in [3.8, 4) is 6.07 Å². The molecule has 0 spiro atoms. The molecule has 0 aromatic carbocycles. The van der Waals surface area contributed by atoms with Crippen LogP contribution >= 0.6 is 11.3 Å². The van der Waals surface area contributed by atoms with Crippen molar-refractivity contribution < 1.29 is 9.47 Å². The highest BCUT2D eigenvalue weighted by Crippen LogP contribution is 2.22. The summed E-state index contributed by atoms with van der Waals surface area (Å²) in [5, 5.41) is 12.0. The predicted octanol–water partition coefficient (Wildman–Crippen LogP) is 1.86. The van der Waals surface area contributed by atoms with E-state index in [0.29, 0.717) is 6.61 Å². The van der Waals surface area contributed by atoms with E-state index in [-0.39, 0.29) is 6.10 Å². The van der Waals surface area contributed by atoms with Crippen LogP contribution in [0.2, 0.25) is 0 Å². The van der Waals surface area contributed by atoms with Gasteiger partial charge in [0, 0.05) is 18.0 Å². The number of ether oxygens (including phenoxy) is 2. The fourth-order valence-electron chi connectivity index (χ4n) is 1.75. The van der Waals surface area contributed by atoms with E-state index >= 15 is 0 Å². The van der Waals surface area contributed by atoms with Crippen molar-refractivity contribution in [1.29, 1.82) is 5.26 Å². The molecule has 1 atom stereocenters. The number of rotatable bonds is 4. The maximum atomic E-state index is 8.71. The molecule has 0 saturated carbocycles. The molecule has 0 radical (unpaired) electrons. The zero-order chi connectivity index (χ0) is 12.3. The molecule has 1 fully saturated rings. The second kappa shape index (κ2) is 5.15. The van der Waals surface area contributed by atoms with Gasteiger partial charge in [-0.15, -0.1) is 11.3 Å². The van der Waals surface area contributed by atoms with Crippen LogP contribution in [0.4, 0.5) is 0 Å². The quantitative estimate of drug-likeness (QED) is 0.888. The second-order valence-corrected chi connectivity index (χ2v) is 5.63. The summed E-state index contributed by atoms with van der Waals surface area (Å²) in [5.41, 5.74) is 0. The van der Waals surface area contributed by atoms with E-state index < -0.39 is 5.79 Å². The summed E-state index contributed by atoms with van der Waals surface area (Å²) in [6.07, 6.45) is 0.111. The Morgan fingerprint density at radius 1 is 1.59 bits per heavy atom. The van der Waals surface area contributed by atoms with Crippen molar-refractivity contribution in [2.75, 3.05) is 13.2 Å². The van der Waals surface area contributed by atoms with Crippen LogP contribution in [0.15, 0.2) is 12.1 Å². The van der Waals surface area contributed by atoms with E-state index in [9.17, 15) is 0 Å². The summed E-state index contributed by atoms with van der Waals surface area (Å²) in [5.74, 6) is -0.455. The molecule has 1 unspecified atom stereocenters. The van der Waals surface area contributed by atoms with Crippen LogP contribution in [0, 0.1) is 11.3 Å². The van der Waals surface area contributed by atoms with Crippen LogP contribution in [-0.2, 0) is 16.0 Å². The van der Waals surface area contributed by atoms with Crippen molar-refractivity contribution in [3.05, 3.63) is 21.9 Å². The molecule has 0 aliphatic carbocycles. The van der Waals surface area contributed by atoms with Crippen LogP contribution in [0.3, 0.4) is 0 Å². The molecular weight excluding hydrogens is 236 g/mol. The fraction of sp³-hybridized carbons (Fsp3) is 0.583. The monoisotopic (exact) mass is 252 g/mol. The number of nitrogens with zero attached hydrogens (tertiary/aromatic N) is 1. The van der Waals surface area contributed by atoms with Gasteiger partial charge in [-0.2, -0.15) is 5.26 Å². The van der Waals surface area contributed by atoms with Gasteiger partial charge >= 0.3 is 0 Å². The van der Waals surface area contributed by atoms with E-state index in [1.807, 2.05) is 26.0 Å². The Kier molecular flexibility index (Phi) is 3.79. The number of hydrogen-bond donors (Lipinski definition) is 1. The van der Waals surface area contributed by atoms with Gasteiger partial charge in [0.05, 0.1) is 12.7 Å². The average molecular weight is 252 g/mol. The minimum Gasteiger partial charge on any atom is -0.348 e. The van der Waals surface area contributed by atoms with Crippen LogP contribution < -0.4 is 5.32 Å². The molecule has 1 N–H and O–H groups in total. The zero-order valence-corrected chi connectivity index (χ0v) is 10.8. The summed E-state index contributed by atoms with van der Waals surface area (Å²) in [6.45, 7) is 6.01. The van der Waals surface area contributed by atoms with Crippen molar-refractivity contribution in [2.45, 2.75) is 32.3 Å². The first-order valence-electron chi connectivity index (χ1n) is 5.60. The SMILES string of the molecule is CC1(C)OCC(CNCc2ccc(C#N)s2)O1. The molecule has 0 amide bonds. The summed E-state index contributed by atoms with van der Waals surface area (Å²) < 4.78 is 11.2. The van der Waals surface area contributed by atoms with Crippen molar-refractivity contribution in [2.24, 2.45) is 0 Å². The average Bonchev–Trinajstić information content (AvgIpc) is 2.85. The van der Waals surface area contributed by atoms with Crippen LogP contribution in [0.25, 0.3) is 0 Å². The van der Waals surface area contributed by atoms with E-state index in [1.165, 1.54) is 16.2 Å². The summed E-state index contributed by atoms with van der Waals surface area (Å²) in [7, 11) is 0. The number of nitriles is 1. The fourth-order valence-corrected chi connectivity index (χ4v) is 2.53. The lowest BCUT2D eigenvalue weighted by molar-refractivity contribution is -0.137. The molecule has 17 heavy (non-hydrogen) atoms. The first-order chi connectivity index (χ1) is 8.09. The lowest BCUT2D eigenvalue weighted by Gasteiger charge is -2.17. The Bertz CT molecular complexity index is 422. The molecule has 4 nitrogen and oxygen atoms in total. The van der Waals surface area contributed by atoms with Gasteiger partial charge in [-0.1, -0.05) is 0 Å². The number of nitrogens with one attached hydrogen (secondary N) is 1. The van der Waals surface area contributed by atoms with Gasteiger partial charge in [-0.3, -0.25) is 0 Å². The minimum absolute atomic E-state index is 0.111. The number of hydrogen-bond acceptors (Lipinski definition) is 5. The summed E-state index contributed by atoms with van der Waals surface area (Å²) in [6, 6.07) is 5.96. The molecule has 1 aromatic rings. The van der Waals surface area contributed by atoms with Gasteiger partial charge in [0.15, 0.2) is 5.79 Å². The Morgan fingerprint density at radius 2 is 2.41 bits per heavy atom. The molecule has 5 heteroatoms. The molecule has 2 rings (SSSR count). The van der Waals surface area contributed by atoms with E-state index in [1.54, 1.807) is 0 Å². The maximum absolute atomic E-state index is 8.71. The smallest absolute Gasteiger partial charge is 0.163 e. The molecule has 1 saturated heterocycles. The second-order valence-electron chi connectivity index (χ2n) is 4.46. The van der Waals surface area contributed by atoms with Gasteiger partial charge in [-0.05, 0) is 26.0 Å². The predicted molar refractivity (Wildman–Crippen MR) is 65.6 cm³/mol. The highest BCUT2D eigenvalue weighted by atomic mass is 32.1. The molecule has 0 bridgehead atoms. The highest BCUT2D eigenvalue weighted by Gasteiger charge is 2.32. The van der Waals surface area contributed by atoms with Crippen LogP contribution in [0.5, 0.6) is 0 Å². The third kappa shape index (κ3) is 3.51. The molecule has 92 valence electrons. The van der Waals surface area contributed by atoms with Gasteiger partial charge in [-0.25, -0.2) is 0 Å². The largest absolute Gasteiger partial charge is 0.348 e. The Hall–Kier alpha value is -0.930. The van der Waals surface area contributed by atoms with Gasteiger partial charge < -0.3 is 14.8 Å². The zero-order valence-electron chi connectivity index (χ0n) is 10.0. The van der Waals surface area contributed by atoms with Crippen molar-refractivity contribution in [3.63, 3.8) is 0 Å². The third-order valence-electron chi connectivity index (χ3n) is 2.51. The normalized spacial score (nSPS) is 22.5. The van der Waals surface area contributed by atoms with Gasteiger partial charge in [0.1, 0.15) is 10.9 Å². The van der Waals surface area contributed by atoms with E-state index in [0.717, 1.165) is 18.0 Å². The van der Waals surface area contributed by atoms with Crippen LogP contribution in [0.1, 0.15) is 23.6 Å². The molecule has 1 aliphatic heterocycles. The standard InChI is InChI=1S/C12H16N2O2S/c1-12(2)15-8-9(16-12)6-14-7-11-4-3-10(5-13)17-11/h3-4,9,14H,6-8H2,1-2H3. The maximum Gasteiger partial charge on any atom is 0.163 e. The van der Waals surface area contributed by atoms with Crippen molar-refractivity contribution >= 4 is 11.3 Å². The molecule has 1 aromatic heterocycles. The molecule has 2 heterocycles. The Balaban J connectivity index is 1.72. The third-order valence-corrected chi connectivity index (χ3v) is 3.50. The summed E-state index contributed by atoms with van der Waals surface area (Å²) >= 11 is 1.52. The Morgan fingerprint density at radius 3 is 3.00 bits per heavy atom. The van der Waals surface area contributed by atoms with Crippen LogP contribution in [-0.4, -0.2) is 25.0 Å². The summed E-state index contributed by atoms with van der Waals surface area (Å²) in [4.78, 5) is 1.92. The van der Waals surface area contributed by atoms with Gasteiger partial charge in [0.25, 0.3) is 0 Å². The lowest BCUT2D eigenvalue weighted by atomic mass is 10.3. The van der Waals surface area contributed by atoms with E-state index in [4.69, 9.17) is 14.7 Å². The highest BCUT2D eigenvalue weighted by molar-refractivity contribution is 7.12. The topological polar surface area (TPSA) is 54.3 Å². The first-order valence-corrected chi connectivity index (χ1v) is 6.42. The van der Waals surface area contributed by atoms with Gasteiger partial charge in [0.2, 0.25) is 0 Å². The first kappa shape index (κ1) is 12.5. The van der Waals surface area contributed by atoms with E-state index in [2.05, 4.69) is 11.4 Å². The number of thiophene rings is 1. The minimum atomic E-state index is -0.455. The lowest BCUT2D eigenvalue weighted by Crippen LogP contribution is -2.30. The Labute approximate surface area is 105 Å². The molecule has 1 aliphatic rings.